The van der Waals surface area contributed by atoms with Crippen molar-refractivity contribution in [2.24, 2.45) is 0 Å². The minimum atomic E-state index is -0.929. The summed E-state index contributed by atoms with van der Waals surface area (Å²) in [7, 11) is 0.628. The highest BCUT2D eigenvalue weighted by molar-refractivity contribution is 7.84. The van der Waals surface area contributed by atoms with Crippen molar-refractivity contribution < 1.29 is 18.8 Å². The van der Waals surface area contributed by atoms with E-state index in [2.05, 4.69) is 5.32 Å². The van der Waals surface area contributed by atoms with E-state index in [0.717, 1.165) is 0 Å². The summed E-state index contributed by atoms with van der Waals surface area (Å²) in [6.45, 7) is 2.01. The van der Waals surface area contributed by atoms with Crippen LogP contribution in [0, 0.1) is 0 Å². The zero-order valence-corrected chi connectivity index (χ0v) is 10.2. The van der Waals surface area contributed by atoms with Gasteiger partial charge in [-0.3, -0.25) is 14.3 Å². The van der Waals surface area contributed by atoms with E-state index in [1.54, 1.807) is 6.26 Å². The van der Waals surface area contributed by atoms with Gasteiger partial charge in [0.05, 0.1) is 6.61 Å². The van der Waals surface area contributed by atoms with Gasteiger partial charge in [0.2, 0.25) is 0 Å². The van der Waals surface area contributed by atoms with Crippen LogP contribution in [0.2, 0.25) is 0 Å². The first-order valence-corrected chi connectivity index (χ1v) is 6.48. The molecule has 0 saturated heterocycles. The largest absolute Gasteiger partial charge is 0.480 e. The Bertz CT molecular complexity index is 222. The van der Waals surface area contributed by atoms with Crippen molar-refractivity contribution in [3.8, 4) is 0 Å². The standard InChI is InChI=1S/C9H19NO4S/c1-7(4-5-15(3)13)10-8(6-14-2)9(11)12/h7-8,10H,4-6H2,1-3H3,(H,11,12). The molecule has 0 fully saturated rings. The normalized spacial score (nSPS) is 17.0. The van der Waals surface area contributed by atoms with Crippen molar-refractivity contribution in [2.45, 2.75) is 25.4 Å². The van der Waals surface area contributed by atoms with Crippen LogP contribution in [0.3, 0.4) is 0 Å². The van der Waals surface area contributed by atoms with Gasteiger partial charge >= 0.3 is 5.97 Å². The highest BCUT2D eigenvalue weighted by Gasteiger charge is 2.18. The van der Waals surface area contributed by atoms with Crippen LogP contribution in [0.4, 0.5) is 0 Å². The number of hydrogen-bond donors (Lipinski definition) is 2. The summed E-state index contributed by atoms with van der Waals surface area (Å²) in [6.07, 6.45) is 2.33. The highest BCUT2D eigenvalue weighted by atomic mass is 32.2. The number of carboxylic acids is 1. The molecule has 0 spiro atoms. The molecule has 0 aromatic heterocycles. The Morgan fingerprint density at radius 3 is 2.60 bits per heavy atom. The van der Waals surface area contributed by atoms with Crippen LogP contribution in [0.5, 0.6) is 0 Å². The van der Waals surface area contributed by atoms with Gasteiger partial charge in [-0.25, -0.2) is 0 Å². The van der Waals surface area contributed by atoms with Gasteiger partial charge in [0, 0.05) is 36.0 Å². The van der Waals surface area contributed by atoms with E-state index in [9.17, 15) is 9.00 Å². The second-order valence-electron chi connectivity index (χ2n) is 3.48. The van der Waals surface area contributed by atoms with Crippen molar-refractivity contribution >= 4 is 16.8 Å². The molecule has 0 rings (SSSR count). The molecule has 6 heteroatoms. The smallest absolute Gasteiger partial charge is 0.323 e. The Labute approximate surface area is 92.7 Å². The zero-order chi connectivity index (χ0) is 11.8. The maximum Gasteiger partial charge on any atom is 0.323 e. The van der Waals surface area contributed by atoms with Gasteiger partial charge in [-0.1, -0.05) is 0 Å². The average Bonchev–Trinajstić information content (AvgIpc) is 2.14. The first kappa shape index (κ1) is 14.5. The Morgan fingerprint density at radius 1 is 1.60 bits per heavy atom. The fourth-order valence-electron chi connectivity index (χ4n) is 1.13. The summed E-state index contributed by atoms with van der Waals surface area (Å²) in [5.74, 6) is -0.352. The van der Waals surface area contributed by atoms with Crippen molar-refractivity contribution in [2.75, 3.05) is 25.7 Å². The molecular weight excluding hydrogens is 218 g/mol. The average molecular weight is 237 g/mol. The van der Waals surface area contributed by atoms with Gasteiger partial charge in [-0.05, 0) is 13.3 Å². The molecule has 0 saturated carbocycles. The molecule has 0 heterocycles. The number of ether oxygens (including phenoxy) is 1. The Hall–Kier alpha value is -0.460. The first-order chi connectivity index (χ1) is 6.97. The predicted molar refractivity (Wildman–Crippen MR) is 59.4 cm³/mol. The van der Waals surface area contributed by atoms with E-state index in [4.69, 9.17) is 9.84 Å². The molecule has 0 aliphatic carbocycles. The van der Waals surface area contributed by atoms with E-state index in [1.807, 2.05) is 6.92 Å². The fraction of sp³-hybridized carbons (Fsp3) is 0.889. The van der Waals surface area contributed by atoms with Crippen LogP contribution in [-0.2, 0) is 20.3 Å². The molecule has 0 aliphatic rings. The molecule has 0 aliphatic heterocycles. The van der Waals surface area contributed by atoms with E-state index >= 15 is 0 Å². The molecule has 90 valence electrons. The number of nitrogens with one attached hydrogen (secondary N) is 1. The SMILES string of the molecule is COCC(NC(C)CCS(C)=O)C(=O)O. The van der Waals surface area contributed by atoms with Crippen molar-refractivity contribution in [3.05, 3.63) is 0 Å². The molecule has 5 nitrogen and oxygen atoms in total. The summed E-state index contributed by atoms with van der Waals surface area (Å²) in [6, 6.07) is -0.680. The topological polar surface area (TPSA) is 75.6 Å². The molecular formula is C9H19NO4S. The summed E-state index contributed by atoms with van der Waals surface area (Å²) in [5, 5.41) is 11.7. The van der Waals surface area contributed by atoms with Crippen LogP contribution in [-0.4, -0.2) is 53.1 Å². The number of hydrogen-bond acceptors (Lipinski definition) is 4. The Balaban J connectivity index is 3.93. The fourth-order valence-corrected chi connectivity index (χ4v) is 1.81. The minimum absolute atomic E-state index is 0.0187. The third-order valence-corrected chi connectivity index (χ3v) is 2.77. The lowest BCUT2D eigenvalue weighted by Crippen LogP contribution is -2.45. The Morgan fingerprint density at radius 2 is 2.20 bits per heavy atom. The number of rotatable bonds is 8. The third kappa shape index (κ3) is 7.47. The molecule has 3 atom stereocenters. The lowest BCUT2D eigenvalue weighted by atomic mass is 10.2. The van der Waals surface area contributed by atoms with E-state index < -0.39 is 22.8 Å². The van der Waals surface area contributed by atoms with Crippen molar-refractivity contribution in [1.82, 2.24) is 5.32 Å². The molecule has 3 unspecified atom stereocenters. The maximum absolute atomic E-state index is 10.8. The van der Waals surface area contributed by atoms with Crippen LogP contribution >= 0.6 is 0 Å². The number of carboxylic acid groups (broad SMARTS) is 1. The molecule has 15 heavy (non-hydrogen) atoms. The maximum atomic E-state index is 10.8. The molecule has 2 N–H and O–H groups in total. The molecule has 0 aromatic carbocycles. The van der Waals surface area contributed by atoms with E-state index in [0.29, 0.717) is 12.2 Å². The predicted octanol–water partition coefficient (Wildman–Crippen LogP) is -0.167. The molecule has 0 amide bonds. The molecule has 0 aromatic rings. The van der Waals surface area contributed by atoms with E-state index in [-0.39, 0.29) is 12.6 Å². The summed E-state index contributed by atoms with van der Waals surface area (Å²) >= 11 is 0. The third-order valence-electron chi connectivity index (χ3n) is 1.96. The quantitative estimate of drug-likeness (QED) is 0.613. The summed E-state index contributed by atoms with van der Waals surface area (Å²) in [5.41, 5.74) is 0. The van der Waals surface area contributed by atoms with Gasteiger partial charge < -0.3 is 9.84 Å². The second-order valence-corrected chi connectivity index (χ2v) is 5.03. The van der Waals surface area contributed by atoms with Gasteiger partial charge in [0.25, 0.3) is 0 Å². The zero-order valence-electron chi connectivity index (χ0n) is 9.36. The van der Waals surface area contributed by atoms with Crippen molar-refractivity contribution in [1.29, 1.82) is 0 Å². The summed E-state index contributed by atoms with van der Waals surface area (Å²) in [4.78, 5) is 10.8. The summed E-state index contributed by atoms with van der Waals surface area (Å²) < 4.78 is 15.6. The van der Waals surface area contributed by atoms with Crippen LogP contribution in [0.15, 0.2) is 0 Å². The van der Waals surface area contributed by atoms with Crippen LogP contribution in [0.1, 0.15) is 13.3 Å². The van der Waals surface area contributed by atoms with Crippen LogP contribution < -0.4 is 5.32 Å². The molecule has 0 bridgehead atoms. The highest BCUT2D eigenvalue weighted by Crippen LogP contribution is 1.96. The van der Waals surface area contributed by atoms with Crippen molar-refractivity contribution in [3.63, 3.8) is 0 Å². The first-order valence-electron chi connectivity index (χ1n) is 4.75. The molecule has 0 radical (unpaired) electrons. The number of methoxy groups -OCH3 is 1. The lowest BCUT2D eigenvalue weighted by Gasteiger charge is -2.19. The van der Waals surface area contributed by atoms with Gasteiger partial charge in [0.1, 0.15) is 6.04 Å². The van der Waals surface area contributed by atoms with Crippen LogP contribution in [0.25, 0.3) is 0 Å². The minimum Gasteiger partial charge on any atom is -0.480 e. The lowest BCUT2D eigenvalue weighted by molar-refractivity contribution is -0.141. The Kier molecular flexibility index (Phi) is 7.54. The van der Waals surface area contributed by atoms with Gasteiger partial charge in [0.15, 0.2) is 0 Å². The second kappa shape index (κ2) is 7.78. The van der Waals surface area contributed by atoms with E-state index in [1.165, 1.54) is 7.11 Å². The van der Waals surface area contributed by atoms with Gasteiger partial charge in [-0.2, -0.15) is 0 Å². The number of aliphatic carboxylic acids is 1. The van der Waals surface area contributed by atoms with Gasteiger partial charge in [-0.15, -0.1) is 0 Å². The monoisotopic (exact) mass is 237 g/mol. The number of carbonyl (C=O) groups is 1.